The number of fused-ring (bicyclic) bond motifs is 1. The third kappa shape index (κ3) is 3.18. The molecule has 3 nitrogen and oxygen atoms in total. The zero-order chi connectivity index (χ0) is 14.7. The average molecular weight is 289 g/mol. The highest BCUT2D eigenvalue weighted by Gasteiger charge is 2.28. The van der Waals surface area contributed by atoms with E-state index in [1.807, 2.05) is 0 Å². The Bertz CT molecular complexity index is 466. The van der Waals surface area contributed by atoms with Crippen LogP contribution < -0.4 is 14.8 Å². The van der Waals surface area contributed by atoms with Gasteiger partial charge < -0.3 is 14.8 Å². The van der Waals surface area contributed by atoms with Crippen LogP contribution in [0.1, 0.15) is 50.6 Å². The summed E-state index contributed by atoms with van der Waals surface area (Å²) in [7, 11) is 2.08. The van der Waals surface area contributed by atoms with Crippen LogP contribution in [0.4, 0.5) is 0 Å². The quantitative estimate of drug-likeness (QED) is 0.911. The molecular weight excluding hydrogens is 262 g/mol. The molecule has 1 saturated carbocycles. The fourth-order valence-corrected chi connectivity index (χ4v) is 3.86. The summed E-state index contributed by atoms with van der Waals surface area (Å²) in [6.07, 6.45) is 6.76. The van der Waals surface area contributed by atoms with E-state index >= 15 is 0 Å². The molecule has 1 unspecified atom stereocenters. The highest BCUT2D eigenvalue weighted by Crippen LogP contribution is 2.40. The van der Waals surface area contributed by atoms with E-state index in [0.29, 0.717) is 19.3 Å². The van der Waals surface area contributed by atoms with Gasteiger partial charge in [-0.3, -0.25) is 0 Å². The molecule has 1 aliphatic carbocycles. The zero-order valence-corrected chi connectivity index (χ0v) is 13.2. The molecule has 1 fully saturated rings. The second-order valence-corrected chi connectivity index (χ2v) is 6.36. The van der Waals surface area contributed by atoms with Crippen molar-refractivity contribution >= 4 is 0 Å². The number of ether oxygens (including phenoxy) is 2. The molecule has 21 heavy (non-hydrogen) atoms. The third-order valence-corrected chi connectivity index (χ3v) is 5.18. The Labute approximate surface area is 128 Å². The molecule has 2 aliphatic rings. The van der Waals surface area contributed by atoms with Crippen LogP contribution in [0, 0.1) is 11.8 Å². The Morgan fingerprint density at radius 3 is 2.48 bits per heavy atom. The molecular formula is C18H27NO2. The van der Waals surface area contributed by atoms with Gasteiger partial charge in [0.25, 0.3) is 0 Å². The second kappa shape index (κ2) is 6.69. The summed E-state index contributed by atoms with van der Waals surface area (Å²) in [6, 6.07) is 6.85. The summed E-state index contributed by atoms with van der Waals surface area (Å²) in [5, 5.41) is 3.53. The van der Waals surface area contributed by atoms with E-state index in [2.05, 4.69) is 37.5 Å². The topological polar surface area (TPSA) is 30.5 Å². The number of hydrogen-bond acceptors (Lipinski definition) is 3. The van der Waals surface area contributed by atoms with E-state index in [1.54, 1.807) is 0 Å². The van der Waals surface area contributed by atoms with Gasteiger partial charge in [-0.25, -0.2) is 0 Å². The van der Waals surface area contributed by atoms with Crippen LogP contribution in [-0.4, -0.2) is 20.3 Å². The predicted molar refractivity (Wildman–Crippen MR) is 85.0 cm³/mol. The fourth-order valence-electron chi connectivity index (χ4n) is 3.86. The summed E-state index contributed by atoms with van der Waals surface area (Å²) in [5.74, 6) is 3.47. The molecule has 0 amide bonds. The Morgan fingerprint density at radius 2 is 1.81 bits per heavy atom. The van der Waals surface area contributed by atoms with E-state index in [1.165, 1.54) is 37.7 Å². The van der Waals surface area contributed by atoms with E-state index in [4.69, 9.17) is 9.47 Å². The van der Waals surface area contributed by atoms with Crippen molar-refractivity contribution in [3.63, 3.8) is 0 Å². The molecule has 116 valence electrons. The van der Waals surface area contributed by atoms with Gasteiger partial charge in [-0.05, 0) is 49.4 Å². The van der Waals surface area contributed by atoms with Crippen LogP contribution in [-0.2, 0) is 0 Å². The van der Waals surface area contributed by atoms with Crippen LogP contribution in [0.3, 0.4) is 0 Å². The maximum atomic E-state index is 5.73. The first-order valence-electron chi connectivity index (χ1n) is 8.38. The molecule has 1 aromatic rings. The van der Waals surface area contributed by atoms with Gasteiger partial charge in [-0.1, -0.05) is 32.3 Å². The molecule has 0 spiro atoms. The van der Waals surface area contributed by atoms with Crippen LogP contribution in [0.25, 0.3) is 0 Å². The van der Waals surface area contributed by atoms with Crippen LogP contribution >= 0.6 is 0 Å². The molecule has 1 N–H and O–H groups in total. The minimum absolute atomic E-state index is 0.429. The standard InChI is InChI=1S/C18H27NO2/c1-3-13-4-6-14(7-5-13)18(19-2)15-8-9-16-17(12-15)21-11-10-20-16/h8-9,12-14,18-19H,3-7,10-11H2,1-2H3. The molecule has 0 saturated heterocycles. The van der Waals surface area contributed by atoms with Crippen LogP contribution in [0.5, 0.6) is 11.5 Å². The lowest BCUT2D eigenvalue weighted by Gasteiger charge is -2.34. The van der Waals surface area contributed by atoms with Crippen molar-refractivity contribution in [1.82, 2.24) is 5.32 Å². The first-order valence-corrected chi connectivity index (χ1v) is 8.38. The highest BCUT2D eigenvalue weighted by atomic mass is 16.6. The van der Waals surface area contributed by atoms with Crippen molar-refractivity contribution < 1.29 is 9.47 Å². The molecule has 1 aromatic carbocycles. The van der Waals surface area contributed by atoms with E-state index in [-0.39, 0.29) is 0 Å². The highest BCUT2D eigenvalue weighted by molar-refractivity contribution is 5.44. The maximum Gasteiger partial charge on any atom is 0.161 e. The lowest BCUT2D eigenvalue weighted by Crippen LogP contribution is -2.29. The summed E-state index contributed by atoms with van der Waals surface area (Å²) < 4.78 is 11.3. The molecule has 1 aliphatic heterocycles. The molecule has 3 rings (SSSR count). The molecule has 0 radical (unpaired) electrons. The predicted octanol–water partition coefficient (Wildman–Crippen LogP) is 3.93. The van der Waals surface area contributed by atoms with Gasteiger partial charge in [0, 0.05) is 6.04 Å². The molecule has 1 heterocycles. The Balaban J connectivity index is 1.74. The van der Waals surface area contributed by atoms with Gasteiger partial charge in [0.1, 0.15) is 13.2 Å². The summed E-state index contributed by atoms with van der Waals surface area (Å²) in [5.41, 5.74) is 1.33. The van der Waals surface area contributed by atoms with Gasteiger partial charge in [0.05, 0.1) is 0 Å². The molecule has 0 bridgehead atoms. The number of rotatable bonds is 4. The number of nitrogens with one attached hydrogen (secondary N) is 1. The van der Waals surface area contributed by atoms with E-state index < -0.39 is 0 Å². The normalized spacial score (nSPS) is 26.4. The average Bonchev–Trinajstić information content (AvgIpc) is 2.56. The minimum Gasteiger partial charge on any atom is -0.486 e. The maximum absolute atomic E-state index is 5.73. The van der Waals surface area contributed by atoms with Crippen molar-refractivity contribution in [3.05, 3.63) is 23.8 Å². The zero-order valence-electron chi connectivity index (χ0n) is 13.2. The lowest BCUT2D eigenvalue weighted by molar-refractivity contribution is 0.170. The fraction of sp³-hybridized carbons (Fsp3) is 0.667. The Kier molecular flexibility index (Phi) is 4.69. The molecule has 1 atom stereocenters. The third-order valence-electron chi connectivity index (χ3n) is 5.18. The molecule has 3 heteroatoms. The number of benzene rings is 1. The van der Waals surface area contributed by atoms with Crippen molar-refractivity contribution in [1.29, 1.82) is 0 Å². The van der Waals surface area contributed by atoms with Gasteiger partial charge >= 0.3 is 0 Å². The van der Waals surface area contributed by atoms with Crippen LogP contribution in [0.2, 0.25) is 0 Å². The van der Waals surface area contributed by atoms with Crippen molar-refractivity contribution in [2.24, 2.45) is 11.8 Å². The van der Waals surface area contributed by atoms with Crippen molar-refractivity contribution in [2.45, 2.75) is 45.1 Å². The van der Waals surface area contributed by atoms with Gasteiger partial charge in [0.15, 0.2) is 11.5 Å². The number of hydrogen-bond donors (Lipinski definition) is 1. The first-order chi connectivity index (χ1) is 10.3. The molecule has 0 aromatic heterocycles. The largest absolute Gasteiger partial charge is 0.486 e. The van der Waals surface area contributed by atoms with Crippen LogP contribution in [0.15, 0.2) is 18.2 Å². The van der Waals surface area contributed by atoms with Gasteiger partial charge in [-0.2, -0.15) is 0 Å². The smallest absolute Gasteiger partial charge is 0.161 e. The monoisotopic (exact) mass is 289 g/mol. The van der Waals surface area contributed by atoms with E-state index in [0.717, 1.165) is 23.3 Å². The lowest BCUT2D eigenvalue weighted by atomic mass is 9.76. The summed E-state index contributed by atoms with van der Waals surface area (Å²) in [4.78, 5) is 0. The minimum atomic E-state index is 0.429. The SMILES string of the molecule is CCC1CCC(C(NC)c2ccc3c(c2)OCCO3)CC1. The second-order valence-electron chi connectivity index (χ2n) is 6.36. The summed E-state index contributed by atoms with van der Waals surface area (Å²) >= 11 is 0. The van der Waals surface area contributed by atoms with Crippen molar-refractivity contribution in [2.75, 3.05) is 20.3 Å². The van der Waals surface area contributed by atoms with Gasteiger partial charge in [-0.15, -0.1) is 0 Å². The summed E-state index contributed by atoms with van der Waals surface area (Å²) in [6.45, 7) is 3.63. The Morgan fingerprint density at radius 1 is 1.10 bits per heavy atom. The first kappa shape index (κ1) is 14.7. The van der Waals surface area contributed by atoms with Crippen molar-refractivity contribution in [3.8, 4) is 11.5 Å². The Hall–Kier alpha value is -1.22. The van der Waals surface area contributed by atoms with Gasteiger partial charge in [0.2, 0.25) is 0 Å². The van der Waals surface area contributed by atoms with E-state index in [9.17, 15) is 0 Å².